The van der Waals surface area contributed by atoms with Gasteiger partial charge in [0.1, 0.15) is 0 Å². The Labute approximate surface area is 139 Å². The van der Waals surface area contributed by atoms with Crippen molar-refractivity contribution >= 4 is 0 Å². The van der Waals surface area contributed by atoms with Gasteiger partial charge in [0.05, 0.1) is 6.33 Å². The summed E-state index contributed by atoms with van der Waals surface area (Å²) in [4.78, 5) is 10.1. The standard InChI is InChI=1S/C20H27N3/c1-2-4-16(5-3-1)12-17-6-7-20-18(13-17)8-10-23(20)11-9-19-14-21-15-22-19/h1-5,14-15,17-18,20H,6-13H2,(H,21,22)/t17-,18+,20-/m1/s1. The second kappa shape index (κ2) is 6.88. The molecule has 0 amide bonds. The maximum absolute atomic E-state index is 4.12. The van der Waals surface area contributed by atoms with Gasteiger partial charge in [0, 0.05) is 30.9 Å². The van der Waals surface area contributed by atoms with Crippen LogP contribution in [0.15, 0.2) is 42.9 Å². The Hall–Kier alpha value is -1.61. The molecule has 3 heteroatoms. The van der Waals surface area contributed by atoms with Crippen LogP contribution in [0.3, 0.4) is 0 Å². The Morgan fingerprint density at radius 3 is 2.87 bits per heavy atom. The molecule has 122 valence electrons. The van der Waals surface area contributed by atoms with Gasteiger partial charge in [-0.05, 0) is 56.0 Å². The molecule has 2 aromatic rings. The second-order valence-corrected chi connectivity index (χ2v) is 7.35. The summed E-state index contributed by atoms with van der Waals surface area (Å²) in [5.74, 6) is 1.82. The lowest BCUT2D eigenvalue weighted by molar-refractivity contribution is 0.152. The van der Waals surface area contributed by atoms with Crippen LogP contribution < -0.4 is 0 Å². The molecule has 1 saturated heterocycles. The largest absolute Gasteiger partial charge is 0.348 e. The average molecular weight is 309 g/mol. The van der Waals surface area contributed by atoms with Gasteiger partial charge in [0.25, 0.3) is 0 Å². The van der Waals surface area contributed by atoms with Gasteiger partial charge >= 0.3 is 0 Å². The van der Waals surface area contributed by atoms with Gasteiger partial charge in [-0.2, -0.15) is 0 Å². The lowest BCUT2D eigenvalue weighted by Crippen LogP contribution is -2.38. The smallest absolute Gasteiger partial charge is 0.0921 e. The van der Waals surface area contributed by atoms with Crippen molar-refractivity contribution in [1.82, 2.24) is 14.9 Å². The Kier molecular flexibility index (Phi) is 4.47. The number of hydrogen-bond acceptors (Lipinski definition) is 2. The number of hydrogen-bond donors (Lipinski definition) is 1. The first-order chi connectivity index (χ1) is 11.4. The molecule has 0 spiro atoms. The highest BCUT2D eigenvalue weighted by Crippen LogP contribution is 2.40. The van der Waals surface area contributed by atoms with Gasteiger partial charge in [-0.3, -0.25) is 4.90 Å². The van der Waals surface area contributed by atoms with Crippen molar-refractivity contribution in [1.29, 1.82) is 0 Å². The third kappa shape index (κ3) is 3.50. The molecule has 3 nitrogen and oxygen atoms in total. The molecule has 0 radical (unpaired) electrons. The fraction of sp³-hybridized carbons (Fsp3) is 0.550. The lowest BCUT2D eigenvalue weighted by atomic mass is 9.76. The summed E-state index contributed by atoms with van der Waals surface area (Å²) < 4.78 is 0. The summed E-state index contributed by atoms with van der Waals surface area (Å²) in [7, 11) is 0. The van der Waals surface area contributed by atoms with E-state index in [4.69, 9.17) is 0 Å². The number of likely N-dealkylation sites (tertiary alicyclic amines) is 1. The van der Waals surface area contributed by atoms with Crippen molar-refractivity contribution in [3.05, 3.63) is 54.1 Å². The quantitative estimate of drug-likeness (QED) is 0.913. The van der Waals surface area contributed by atoms with E-state index in [2.05, 4.69) is 45.2 Å². The number of nitrogens with one attached hydrogen (secondary N) is 1. The average Bonchev–Trinajstić information content (AvgIpc) is 3.23. The number of H-pyrrole nitrogens is 1. The summed E-state index contributed by atoms with van der Waals surface area (Å²) >= 11 is 0. The third-order valence-corrected chi connectivity index (χ3v) is 5.90. The molecule has 1 N–H and O–H groups in total. The molecule has 2 aliphatic rings. The van der Waals surface area contributed by atoms with E-state index >= 15 is 0 Å². The molecule has 1 aliphatic carbocycles. The minimum absolute atomic E-state index is 0.838. The number of benzene rings is 1. The number of fused-ring (bicyclic) bond motifs is 1. The van der Waals surface area contributed by atoms with E-state index < -0.39 is 0 Å². The monoisotopic (exact) mass is 309 g/mol. The molecular weight excluding hydrogens is 282 g/mol. The lowest BCUT2D eigenvalue weighted by Gasteiger charge is -2.36. The zero-order chi connectivity index (χ0) is 15.5. The van der Waals surface area contributed by atoms with Gasteiger partial charge < -0.3 is 4.98 Å². The van der Waals surface area contributed by atoms with Crippen molar-refractivity contribution < 1.29 is 0 Å². The minimum atomic E-state index is 0.838. The molecular formula is C20H27N3. The van der Waals surface area contributed by atoms with Crippen LogP contribution >= 0.6 is 0 Å². The fourth-order valence-electron chi connectivity index (χ4n) is 4.73. The zero-order valence-corrected chi connectivity index (χ0v) is 13.8. The van der Waals surface area contributed by atoms with Crippen LogP contribution in [-0.4, -0.2) is 34.0 Å². The predicted octanol–water partition coefficient (Wildman–Crippen LogP) is 3.69. The van der Waals surface area contributed by atoms with E-state index in [0.717, 1.165) is 24.3 Å². The first-order valence-corrected chi connectivity index (χ1v) is 9.14. The summed E-state index contributed by atoms with van der Waals surface area (Å²) in [6.07, 6.45) is 11.8. The normalized spacial score (nSPS) is 27.9. The van der Waals surface area contributed by atoms with Crippen LogP contribution in [0, 0.1) is 11.8 Å². The summed E-state index contributed by atoms with van der Waals surface area (Å²) in [5.41, 5.74) is 2.79. The van der Waals surface area contributed by atoms with Gasteiger partial charge in [-0.15, -0.1) is 0 Å². The van der Waals surface area contributed by atoms with Crippen molar-refractivity contribution in [3.8, 4) is 0 Å². The Morgan fingerprint density at radius 2 is 2.04 bits per heavy atom. The van der Waals surface area contributed by atoms with E-state index in [9.17, 15) is 0 Å². The maximum Gasteiger partial charge on any atom is 0.0921 e. The molecule has 1 aromatic heterocycles. The summed E-state index contributed by atoms with van der Waals surface area (Å²) in [6.45, 7) is 2.48. The number of rotatable bonds is 5. The highest BCUT2D eigenvalue weighted by atomic mass is 15.2. The maximum atomic E-state index is 4.12. The van der Waals surface area contributed by atoms with Crippen molar-refractivity contribution in [3.63, 3.8) is 0 Å². The summed E-state index contributed by atoms with van der Waals surface area (Å²) in [5, 5.41) is 0. The van der Waals surface area contributed by atoms with Gasteiger partial charge in [0.2, 0.25) is 0 Å². The molecule has 3 atom stereocenters. The Balaban J connectivity index is 1.30. The van der Waals surface area contributed by atoms with Crippen LogP contribution in [0.5, 0.6) is 0 Å². The molecule has 2 fully saturated rings. The van der Waals surface area contributed by atoms with Crippen molar-refractivity contribution in [2.45, 2.75) is 44.6 Å². The van der Waals surface area contributed by atoms with Crippen LogP contribution in [0.25, 0.3) is 0 Å². The van der Waals surface area contributed by atoms with Crippen LogP contribution in [-0.2, 0) is 12.8 Å². The number of imidazole rings is 1. The summed E-state index contributed by atoms with van der Waals surface area (Å²) in [6, 6.07) is 11.9. The third-order valence-electron chi connectivity index (χ3n) is 5.90. The second-order valence-electron chi connectivity index (χ2n) is 7.35. The molecule has 1 saturated carbocycles. The Bertz CT molecular complexity index is 593. The predicted molar refractivity (Wildman–Crippen MR) is 93.2 cm³/mol. The molecule has 0 unspecified atom stereocenters. The molecule has 0 bridgehead atoms. The molecule has 23 heavy (non-hydrogen) atoms. The highest BCUT2D eigenvalue weighted by Gasteiger charge is 2.38. The van der Waals surface area contributed by atoms with Gasteiger partial charge in [-0.25, -0.2) is 4.98 Å². The fourth-order valence-corrected chi connectivity index (χ4v) is 4.73. The number of aromatic amines is 1. The van der Waals surface area contributed by atoms with E-state index in [1.54, 1.807) is 6.33 Å². The van der Waals surface area contributed by atoms with Gasteiger partial charge in [-0.1, -0.05) is 30.3 Å². The topological polar surface area (TPSA) is 31.9 Å². The number of nitrogens with zero attached hydrogens (tertiary/aromatic N) is 2. The molecule has 1 aliphatic heterocycles. The van der Waals surface area contributed by atoms with Crippen LogP contribution in [0.4, 0.5) is 0 Å². The first kappa shape index (κ1) is 14.9. The number of aromatic nitrogens is 2. The van der Waals surface area contributed by atoms with Crippen LogP contribution in [0.1, 0.15) is 36.9 Å². The van der Waals surface area contributed by atoms with E-state index in [-0.39, 0.29) is 0 Å². The zero-order valence-electron chi connectivity index (χ0n) is 13.8. The van der Waals surface area contributed by atoms with E-state index in [1.165, 1.54) is 56.5 Å². The van der Waals surface area contributed by atoms with Crippen LogP contribution in [0.2, 0.25) is 0 Å². The van der Waals surface area contributed by atoms with E-state index in [0.29, 0.717) is 0 Å². The SMILES string of the molecule is c1ccc(C[C@H]2CC[C@@H]3[C@@H](CCN3CCc3cnc[nH]3)C2)cc1. The molecule has 4 rings (SSSR count). The van der Waals surface area contributed by atoms with E-state index in [1.807, 2.05) is 6.20 Å². The minimum Gasteiger partial charge on any atom is -0.348 e. The van der Waals surface area contributed by atoms with Gasteiger partial charge in [0.15, 0.2) is 0 Å². The van der Waals surface area contributed by atoms with Crippen molar-refractivity contribution in [2.75, 3.05) is 13.1 Å². The molecule has 2 heterocycles. The highest BCUT2D eigenvalue weighted by molar-refractivity contribution is 5.15. The molecule has 1 aromatic carbocycles. The Morgan fingerprint density at radius 1 is 1.13 bits per heavy atom. The first-order valence-electron chi connectivity index (χ1n) is 9.14. The van der Waals surface area contributed by atoms with Crippen molar-refractivity contribution in [2.24, 2.45) is 11.8 Å².